The number of aryl methyl sites for hydroxylation is 1. The van der Waals surface area contributed by atoms with Crippen LogP contribution in [0, 0.1) is 10.1 Å². The Balaban J connectivity index is 1.72. The van der Waals surface area contributed by atoms with Gasteiger partial charge in [-0.1, -0.05) is 0 Å². The van der Waals surface area contributed by atoms with Crippen LogP contribution < -0.4 is 10.2 Å². The van der Waals surface area contributed by atoms with Gasteiger partial charge in [-0.05, 0) is 30.2 Å². The lowest BCUT2D eigenvalue weighted by atomic mass is 10.0. The number of fused-ring (bicyclic) bond motifs is 1. The molecule has 0 spiro atoms. The predicted octanol–water partition coefficient (Wildman–Crippen LogP) is 1.78. The molecule has 0 unspecified atom stereocenters. The molecule has 0 saturated heterocycles. The quantitative estimate of drug-likeness (QED) is 0.665. The van der Waals surface area contributed by atoms with Gasteiger partial charge >= 0.3 is 0 Å². The Bertz CT molecular complexity index is 785. The second-order valence-corrected chi connectivity index (χ2v) is 5.41. The summed E-state index contributed by atoms with van der Waals surface area (Å²) >= 11 is 0. The van der Waals surface area contributed by atoms with Gasteiger partial charge in [0.1, 0.15) is 12.3 Å². The fourth-order valence-corrected chi connectivity index (χ4v) is 2.63. The van der Waals surface area contributed by atoms with Gasteiger partial charge in [0, 0.05) is 24.2 Å². The largest absolute Gasteiger partial charge is 0.467 e. The minimum absolute atomic E-state index is 0.0229. The van der Waals surface area contributed by atoms with Gasteiger partial charge in [0.25, 0.3) is 5.69 Å². The molecule has 0 radical (unpaired) electrons. The lowest BCUT2D eigenvalue weighted by Gasteiger charge is -2.28. The van der Waals surface area contributed by atoms with Gasteiger partial charge < -0.3 is 14.6 Å². The van der Waals surface area contributed by atoms with Crippen LogP contribution in [0.3, 0.4) is 0 Å². The number of benzene rings is 1. The predicted molar refractivity (Wildman–Crippen MR) is 84.3 cm³/mol. The number of non-ortho nitro benzene ring substituents is 1. The number of hydrogen-bond acceptors (Lipinski definition) is 5. The highest BCUT2D eigenvalue weighted by molar-refractivity contribution is 6.01. The van der Waals surface area contributed by atoms with Gasteiger partial charge in [0.2, 0.25) is 11.8 Å². The van der Waals surface area contributed by atoms with Crippen molar-refractivity contribution in [3.05, 3.63) is 58.0 Å². The first-order valence-electron chi connectivity index (χ1n) is 7.41. The molecule has 2 amide bonds. The van der Waals surface area contributed by atoms with Crippen molar-refractivity contribution in [1.82, 2.24) is 5.32 Å². The van der Waals surface area contributed by atoms with Crippen LogP contribution in [0.25, 0.3) is 0 Å². The molecule has 124 valence electrons. The summed E-state index contributed by atoms with van der Waals surface area (Å²) in [6.07, 6.45) is 2.17. The number of carbonyl (C=O) groups excluding carboxylic acids is 2. The fraction of sp³-hybridized carbons (Fsp3) is 0.250. The molecular formula is C16H15N3O5. The molecule has 1 aliphatic heterocycles. The van der Waals surface area contributed by atoms with Crippen LogP contribution in [0.5, 0.6) is 0 Å². The zero-order valence-electron chi connectivity index (χ0n) is 12.7. The van der Waals surface area contributed by atoms with Crippen molar-refractivity contribution in [1.29, 1.82) is 0 Å². The number of carbonyl (C=O) groups is 2. The number of furan rings is 1. The first-order valence-corrected chi connectivity index (χ1v) is 7.41. The average molecular weight is 329 g/mol. The summed E-state index contributed by atoms with van der Waals surface area (Å²) in [4.78, 5) is 36.0. The molecule has 1 N–H and O–H groups in total. The van der Waals surface area contributed by atoms with Crippen LogP contribution in [-0.2, 0) is 22.6 Å². The normalized spacial score (nSPS) is 13.5. The highest BCUT2D eigenvalue weighted by Crippen LogP contribution is 2.30. The minimum Gasteiger partial charge on any atom is -0.467 e. The van der Waals surface area contributed by atoms with Crippen LogP contribution >= 0.6 is 0 Å². The number of rotatable bonds is 5. The molecule has 8 heteroatoms. The second-order valence-electron chi connectivity index (χ2n) is 5.41. The lowest BCUT2D eigenvalue weighted by Crippen LogP contribution is -2.42. The van der Waals surface area contributed by atoms with Crippen molar-refractivity contribution in [3.63, 3.8) is 0 Å². The Labute approximate surface area is 137 Å². The van der Waals surface area contributed by atoms with E-state index in [0.717, 1.165) is 0 Å². The molecule has 8 nitrogen and oxygen atoms in total. The number of nitro groups is 1. The third-order valence-corrected chi connectivity index (χ3v) is 3.82. The molecule has 2 aromatic rings. The van der Waals surface area contributed by atoms with E-state index < -0.39 is 4.92 Å². The third-order valence-electron chi connectivity index (χ3n) is 3.82. The zero-order chi connectivity index (χ0) is 17.1. The molecule has 2 heterocycles. The van der Waals surface area contributed by atoms with Crippen molar-refractivity contribution in [2.24, 2.45) is 0 Å². The lowest BCUT2D eigenvalue weighted by molar-refractivity contribution is -0.384. The van der Waals surface area contributed by atoms with E-state index in [1.54, 1.807) is 12.1 Å². The molecule has 1 aromatic carbocycles. The van der Waals surface area contributed by atoms with Crippen molar-refractivity contribution >= 4 is 23.2 Å². The molecule has 0 saturated carbocycles. The smallest absolute Gasteiger partial charge is 0.269 e. The molecule has 0 atom stereocenters. The van der Waals surface area contributed by atoms with Crippen LogP contribution in [0.2, 0.25) is 0 Å². The minimum atomic E-state index is -0.475. The maximum absolute atomic E-state index is 12.1. The summed E-state index contributed by atoms with van der Waals surface area (Å²) in [7, 11) is 0. The van der Waals surface area contributed by atoms with Crippen LogP contribution in [-0.4, -0.2) is 23.3 Å². The van der Waals surface area contributed by atoms with Crippen molar-refractivity contribution in [2.45, 2.75) is 19.4 Å². The number of nitro benzene ring substituents is 1. The summed E-state index contributed by atoms with van der Waals surface area (Å²) in [5.41, 5.74) is 1.22. The summed E-state index contributed by atoms with van der Waals surface area (Å²) in [5, 5.41) is 13.5. The summed E-state index contributed by atoms with van der Waals surface area (Å²) in [5.74, 6) is 0.111. The molecule has 0 aliphatic carbocycles. The maximum atomic E-state index is 12.1. The van der Waals surface area contributed by atoms with E-state index in [9.17, 15) is 19.7 Å². The molecule has 24 heavy (non-hydrogen) atoms. The van der Waals surface area contributed by atoms with Crippen LogP contribution in [0.15, 0.2) is 41.0 Å². The zero-order valence-corrected chi connectivity index (χ0v) is 12.7. The molecule has 1 aromatic heterocycles. The van der Waals surface area contributed by atoms with E-state index in [1.165, 1.54) is 29.4 Å². The van der Waals surface area contributed by atoms with Gasteiger partial charge in [0.05, 0.1) is 17.7 Å². The van der Waals surface area contributed by atoms with E-state index in [4.69, 9.17) is 4.42 Å². The number of hydrogen-bond donors (Lipinski definition) is 1. The van der Waals surface area contributed by atoms with Gasteiger partial charge in [-0.15, -0.1) is 0 Å². The molecule has 0 bridgehead atoms. The summed E-state index contributed by atoms with van der Waals surface area (Å²) in [6, 6.07) is 7.77. The van der Waals surface area contributed by atoms with Crippen molar-refractivity contribution in [3.8, 4) is 0 Å². The van der Waals surface area contributed by atoms with E-state index in [0.29, 0.717) is 23.4 Å². The van der Waals surface area contributed by atoms with E-state index in [-0.39, 0.29) is 37.0 Å². The Morgan fingerprint density at radius 3 is 2.88 bits per heavy atom. The maximum Gasteiger partial charge on any atom is 0.269 e. The van der Waals surface area contributed by atoms with Gasteiger partial charge in [0.15, 0.2) is 0 Å². The number of amides is 2. The Morgan fingerprint density at radius 1 is 1.33 bits per heavy atom. The molecule has 1 aliphatic rings. The third kappa shape index (κ3) is 3.27. The van der Waals surface area contributed by atoms with Crippen LogP contribution in [0.4, 0.5) is 11.4 Å². The summed E-state index contributed by atoms with van der Waals surface area (Å²) in [6.45, 7) is 0.103. The van der Waals surface area contributed by atoms with Gasteiger partial charge in [-0.2, -0.15) is 0 Å². The number of anilines is 1. The Hall–Kier alpha value is -3.16. The van der Waals surface area contributed by atoms with E-state index >= 15 is 0 Å². The SMILES string of the molecule is O=C(CN1C(=O)CCc2cc([N+](=O)[O-])ccc21)NCc1ccco1. The molecular weight excluding hydrogens is 314 g/mol. The van der Waals surface area contributed by atoms with Gasteiger partial charge in [-0.3, -0.25) is 19.7 Å². The van der Waals surface area contributed by atoms with Gasteiger partial charge in [-0.25, -0.2) is 0 Å². The topological polar surface area (TPSA) is 106 Å². The standard InChI is InChI=1S/C16H15N3O5/c20-15(17-9-13-2-1-7-24-13)10-18-14-5-4-12(19(22)23)8-11(14)3-6-16(18)21/h1-2,4-5,7-8H,3,6,9-10H2,(H,17,20). The first-order chi connectivity index (χ1) is 11.5. The Kier molecular flexibility index (Phi) is 4.28. The highest BCUT2D eigenvalue weighted by Gasteiger charge is 2.27. The van der Waals surface area contributed by atoms with Crippen LogP contribution in [0.1, 0.15) is 17.7 Å². The van der Waals surface area contributed by atoms with E-state index in [1.807, 2.05) is 0 Å². The number of nitrogens with one attached hydrogen (secondary N) is 1. The monoisotopic (exact) mass is 329 g/mol. The van der Waals surface area contributed by atoms with E-state index in [2.05, 4.69) is 5.32 Å². The van der Waals surface area contributed by atoms with Crippen molar-refractivity contribution < 1.29 is 18.9 Å². The van der Waals surface area contributed by atoms with Crippen molar-refractivity contribution in [2.75, 3.05) is 11.4 Å². The second kappa shape index (κ2) is 6.53. The average Bonchev–Trinajstić information content (AvgIpc) is 3.08. The summed E-state index contributed by atoms with van der Waals surface area (Å²) < 4.78 is 5.13. The highest BCUT2D eigenvalue weighted by atomic mass is 16.6. The Morgan fingerprint density at radius 2 is 2.17 bits per heavy atom. The number of nitrogens with zero attached hydrogens (tertiary/aromatic N) is 2. The molecule has 3 rings (SSSR count). The fourth-order valence-electron chi connectivity index (χ4n) is 2.63. The molecule has 0 fully saturated rings. The first kappa shape index (κ1) is 15.7.